The molecule has 0 saturated carbocycles. The number of rotatable bonds is 6. The number of para-hydroxylation sites is 1. The summed E-state index contributed by atoms with van der Waals surface area (Å²) in [5.74, 6) is -2.58. The molecule has 0 aliphatic rings. The van der Waals surface area contributed by atoms with Gasteiger partial charge in [-0.15, -0.1) is 0 Å². The van der Waals surface area contributed by atoms with Gasteiger partial charge in [0.2, 0.25) is 0 Å². The first kappa shape index (κ1) is 19.2. The molecule has 0 spiro atoms. The number of anilines is 1. The van der Waals surface area contributed by atoms with Crippen molar-refractivity contribution in [2.24, 2.45) is 0 Å². The number of aromatic nitrogens is 2. The predicted molar refractivity (Wildman–Crippen MR) is 97.1 cm³/mol. The zero-order chi connectivity index (χ0) is 20.1. The van der Waals surface area contributed by atoms with Crippen LogP contribution in [0.15, 0.2) is 42.5 Å². The van der Waals surface area contributed by atoms with E-state index in [9.17, 15) is 18.4 Å². The van der Waals surface area contributed by atoms with Crippen LogP contribution in [0.5, 0.6) is 0 Å². The van der Waals surface area contributed by atoms with E-state index in [2.05, 4.69) is 15.3 Å². The topological polar surface area (TPSA) is 107 Å². The molecule has 1 heterocycles. The van der Waals surface area contributed by atoms with Crippen LogP contribution in [-0.4, -0.2) is 28.4 Å². The normalized spacial score (nSPS) is 10.6. The maximum Gasteiger partial charge on any atom is 0.308 e. The van der Waals surface area contributed by atoms with Crippen molar-refractivity contribution in [3.05, 3.63) is 65.5 Å². The molecule has 9 heteroatoms. The summed E-state index contributed by atoms with van der Waals surface area (Å²) >= 11 is 0. The molecule has 0 radical (unpaired) electrons. The SMILES string of the molecule is Nc1nc(COC(=O)CCNC(=O)c2ccc(F)cc2F)nc2ccccc12. The molecular formula is C19H16F2N4O3. The highest BCUT2D eigenvalue weighted by Crippen LogP contribution is 2.17. The third kappa shape index (κ3) is 4.56. The summed E-state index contributed by atoms with van der Waals surface area (Å²) in [6.45, 7) is -0.246. The summed E-state index contributed by atoms with van der Waals surface area (Å²) in [7, 11) is 0. The van der Waals surface area contributed by atoms with Crippen LogP contribution in [0.2, 0.25) is 0 Å². The quantitative estimate of drug-likeness (QED) is 0.630. The molecule has 0 atom stereocenters. The van der Waals surface area contributed by atoms with E-state index < -0.39 is 23.5 Å². The fourth-order valence-electron chi connectivity index (χ4n) is 2.48. The predicted octanol–water partition coefficient (Wildman–Crippen LogP) is 2.35. The Morgan fingerprint density at radius 3 is 2.68 bits per heavy atom. The Morgan fingerprint density at radius 1 is 1.11 bits per heavy atom. The van der Waals surface area contributed by atoms with Crippen LogP contribution in [-0.2, 0) is 16.1 Å². The Balaban J connectivity index is 1.49. The van der Waals surface area contributed by atoms with Crippen LogP contribution < -0.4 is 11.1 Å². The third-order valence-corrected chi connectivity index (χ3v) is 3.83. The summed E-state index contributed by atoms with van der Waals surface area (Å²) in [6.07, 6.45) is -0.141. The number of benzene rings is 2. The van der Waals surface area contributed by atoms with Gasteiger partial charge in [0, 0.05) is 18.0 Å². The van der Waals surface area contributed by atoms with E-state index in [-0.39, 0.29) is 36.8 Å². The van der Waals surface area contributed by atoms with Crippen molar-refractivity contribution >= 4 is 28.6 Å². The summed E-state index contributed by atoms with van der Waals surface area (Å²) in [5, 5.41) is 3.07. The molecule has 0 bridgehead atoms. The van der Waals surface area contributed by atoms with Gasteiger partial charge in [-0.25, -0.2) is 18.7 Å². The van der Waals surface area contributed by atoms with E-state index in [0.29, 0.717) is 17.0 Å². The monoisotopic (exact) mass is 386 g/mol. The number of nitrogen functional groups attached to an aromatic ring is 1. The van der Waals surface area contributed by atoms with Gasteiger partial charge in [-0.3, -0.25) is 9.59 Å². The molecule has 3 aromatic rings. The maximum atomic E-state index is 13.5. The third-order valence-electron chi connectivity index (χ3n) is 3.83. The first-order valence-electron chi connectivity index (χ1n) is 8.34. The molecule has 2 aromatic carbocycles. The highest BCUT2D eigenvalue weighted by molar-refractivity contribution is 5.94. The zero-order valence-corrected chi connectivity index (χ0v) is 14.6. The second kappa shape index (κ2) is 8.38. The fourth-order valence-corrected chi connectivity index (χ4v) is 2.48. The summed E-state index contributed by atoms with van der Waals surface area (Å²) in [6, 6.07) is 9.78. The minimum absolute atomic E-state index is 0.0742. The average molecular weight is 386 g/mol. The minimum Gasteiger partial charge on any atom is -0.457 e. The number of fused-ring (bicyclic) bond motifs is 1. The van der Waals surface area contributed by atoms with Crippen molar-refractivity contribution in [1.29, 1.82) is 0 Å². The van der Waals surface area contributed by atoms with Crippen LogP contribution in [0.1, 0.15) is 22.6 Å². The van der Waals surface area contributed by atoms with Gasteiger partial charge in [0.05, 0.1) is 17.5 Å². The van der Waals surface area contributed by atoms with Gasteiger partial charge < -0.3 is 15.8 Å². The van der Waals surface area contributed by atoms with Gasteiger partial charge >= 0.3 is 5.97 Å². The molecule has 7 nitrogen and oxygen atoms in total. The van der Waals surface area contributed by atoms with Crippen LogP contribution in [0.25, 0.3) is 10.9 Å². The molecule has 0 fully saturated rings. The van der Waals surface area contributed by atoms with E-state index >= 15 is 0 Å². The number of esters is 1. The number of halogens is 2. The Morgan fingerprint density at radius 2 is 1.89 bits per heavy atom. The maximum absolute atomic E-state index is 13.5. The molecule has 3 rings (SSSR count). The van der Waals surface area contributed by atoms with Crippen LogP contribution in [0.4, 0.5) is 14.6 Å². The Bertz CT molecular complexity index is 1040. The van der Waals surface area contributed by atoms with Crippen molar-refractivity contribution < 1.29 is 23.1 Å². The number of nitrogens with two attached hydrogens (primary N) is 1. The van der Waals surface area contributed by atoms with Gasteiger partial charge in [0.15, 0.2) is 12.4 Å². The van der Waals surface area contributed by atoms with Crippen molar-refractivity contribution in [3.8, 4) is 0 Å². The Hall–Kier alpha value is -3.62. The van der Waals surface area contributed by atoms with Crippen molar-refractivity contribution in [3.63, 3.8) is 0 Å². The number of ether oxygens (including phenoxy) is 1. The molecule has 1 amide bonds. The fraction of sp³-hybridized carbons (Fsp3) is 0.158. The van der Waals surface area contributed by atoms with Crippen LogP contribution in [0.3, 0.4) is 0 Å². The highest BCUT2D eigenvalue weighted by Gasteiger charge is 2.13. The number of hydrogen-bond acceptors (Lipinski definition) is 6. The number of nitrogens with one attached hydrogen (secondary N) is 1. The van der Waals surface area contributed by atoms with Gasteiger partial charge in [-0.1, -0.05) is 12.1 Å². The van der Waals surface area contributed by atoms with Gasteiger partial charge in [-0.05, 0) is 24.3 Å². The lowest BCUT2D eigenvalue weighted by Crippen LogP contribution is -2.27. The Kier molecular flexibility index (Phi) is 5.73. The first-order valence-corrected chi connectivity index (χ1v) is 8.34. The molecular weight excluding hydrogens is 370 g/mol. The summed E-state index contributed by atoms with van der Waals surface area (Å²) < 4.78 is 31.4. The number of nitrogens with zero attached hydrogens (tertiary/aromatic N) is 2. The summed E-state index contributed by atoms with van der Waals surface area (Å²) in [4.78, 5) is 32.0. The number of amides is 1. The van der Waals surface area contributed by atoms with E-state index in [1.165, 1.54) is 0 Å². The molecule has 28 heavy (non-hydrogen) atoms. The molecule has 1 aromatic heterocycles. The zero-order valence-electron chi connectivity index (χ0n) is 14.6. The van der Waals surface area contributed by atoms with Crippen LogP contribution in [0, 0.1) is 11.6 Å². The largest absolute Gasteiger partial charge is 0.457 e. The van der Waals surface area contributed by atoms with Crippen molar-refractivity contribution in [1.82, 2.24) is 15.3 Å². The first-order chi connectivity index (χ1) is 13.4. The lowest BCUT2D eigenvalue weighted by Gasteiger charge is -2.08. The van der Waals surface area contributed by atoms with Crippen molar-refractivity contribution in [2.75, 3.05) is 12.3 Å². The number of carbonyl (C=O) groups is 2. The second-order valence-corrected chi connectivity index (χ2v) is 5.83. The van der Waals surface area contributed by atoms with Gasteiger partial charge in [0.25, 0.3) is 5.91 Å². The summed E-state index contributed by atoms with van der Waals surface area (Å²) in [5.41, 5.74) is 6.18. The lowest BCUT2D eigenvalue weighted by atomic mass is 10.2. The van der Waals surface area contributed by atoms with E-state index in [1.54, 1.807) is 18.2 Å². The standard InChI is InChI=1S/C19H16F2N4O3/c20-11-5-6-12(14(21)9-11)19(27)23-8-7-17(26)28-10-16-24-15-4-2-1-3-13(15)18(22)25-16/h1-6,9H,7-8,10H2,(H,23,27)(H2,22,24,25). The van der Waals surface area contributed by atoms with Gasteiger partial charge in [0.1, 0.15) is 17.5 Å². The highest BCUT2D eigenvalue weighted by atomic mass is 19.1. The molecule has 0 unspecified atom stereocenters. The second-order valence-electron chi connectivity index (χ2n) is 5.83. The smallest absolute Gasteiger partial charge is 0.308 e. The van der Waals surface area contributed by atoms with E-state index in [4.69, 9.17) is 10.5 Å². The number of hydrogen-bond donors (Lipinski definition) is 2. The Labute approximate surface area is 158 Å². The van der Waals surface area contributed by atoms with Crippen molar-refractivity contribution in [2.45, 2.75) is 13.0 Å². The minimum atomic E-state index is -0.980. The molecule has 3 N–H and O–H groups in total. The van der Waals surface area contributed by atoms with Crippen LogP contribution >= 0.6 is 0 Å². The number of carbonyl (C=O) groups excluding carboxylic acids is 2. The molecule has 0 saturated heterocycles. The molecule has 144 valence electrons. The molecule has 0 aliphatic heterocycles. The van der Waals surface area contributed by atoms with Gasteiger partial charge in [-0.2, -0.15) is 0 Å². The molecule has 0 aliphatic carbocycles. The van der Waals surface area contributed by atoms with E-state index in [1.807, 2.05) is 6.07 Å². The van der Waals surface area contributed by atoms with E-state index in [0.717, 1.165) is 12.1 Å². The average Bonchev–Trinajstić information content (AvgIpc) is 2.66. The lowest BCUT2D eigenvalue weighted by molar-refractivity contribution is -0.145.